The van der Waals surface area contributed by atoms with Crippen molar-refractivity contribution < 1.29 is 77.0 Å². The smallest absolute Gasteiger partial charge is 0.389 e. The van der Waals surface area contributed by atoms with Crippen molar-refractivity contribution in [3.8, 4) is 11.5 Å². The minimum atomic E-state index is -1.20. The molecule has 0 aromatic heterocycles. The predicted molar refractivity (Wildman–Crippen MR) is 267 cm³/mol. The van der Waals surface area contributed by atoms with Crippen LogP contribution in [0.5, 0.6) is 11.5 Å². The summed E-state index contributed by atoms with van der Waals surface area (Å²) < 4.78 is 22.9. The van der Waals surface area contributed by atoms with E-state index in [9.17, 15) is 28.8 Å². The molecule has 4 saturated carbocycles. The summed E-state index contributed by atoms with van der Waals surface area (Å²) in [7, 11) is 0. The Kier molecular flexibility index (Phi) is 23.7. The Hall–Kier alpha value is -5.13. The molecule has 1 aliphatic heterocycles. The molecule has 0 N–H and O–H groups in total. The van der Waals surface area contributed by atoms with Gasteiger partial charge in [-0.05, 0) is 170 Å². The van der Waals surface area contributed by atoms with Gasteiger partial charge in [0.05, 0.1) is 71.4 Å². The fourth-order valence-corrected chi connectivity index (χ4v) is 13.1. The first kappa shape index (κ1) is 57.2. The number of esters is 4. The molecule has 17 nitrogen and oxygen atoms in total. The summed E-state index contributed by atoms with van der Waals surface area (Å²) in [6.07, 6.45) is 20.0. The van der Waals surface area contributed by atoms with Crippen LogP contribution in [-0.4, -0.2) is 68.9 Å². The van der Waals surface area contributed by atoms with Gasteiger partial charge in [-0.2, -0.15) is 4.89 Å². The lowest BCUT2D eigenvalue weighted by Gasteiger charge is -2.37. The number of hydrogen-bond acceptors (Lipinski definition) is 18. The zero-order valence-electron chi connectivity index (χ0n) is 41.6. The van der Waals surface area contributed by atoms with Crippen molar-refractivity contribution in [2.75, 3.05) is 33.0 Å². The van der Waals surface area contributed by atoms with Gasteiger partial charge in [0.15, 0.2) is 0 Å². The first-order valence-corrected chi connectivity index (χ1v) is 27.4. The standard InChI is InChI=1S/C54H69NO16S2/c1-5-45(56)62-30-8-10-33-66-67-34-35-12-14-36(15-13-35)37-18-24-41(25-19-37)51(59)68-43-28-29-44(49-48(43)72-54(73-49)47(55-4)53(61)71-70-46(57)6-2)69-52(60)42-26-20-39(21-27-42)38-16-22-40(23-17-38)50(58)63-31-9-11-32-65-64-7-3/h5-7,28-29,35-42H,1-3,8-27,30-34H2/b54-47+. The van der Waals surface area contributed by atoms with Gasteiger partial charge in [-0.3, -0.25) is 24.1 Å². The first-order chi connectivity index (χ1) is 35.5. The number of rotatable bonds is 25. The Bertz CT molecular complexity index is 2160. The normalized spacial score (nSPS) is 25.3. The number of unbranched alkanes of at least 4 members (excludes halogenated alkanes) is 2. The molecule has 1 aromatic carbocycles. The predicted octanol–water partition coefficient (Wildman–Crippen LogP) is 11.1. The van der Waals surface area contributed by atoms with E-state index in [1.165, 1.54) is 6.26 Å². The molecule has 1 heterocycles. The van der Waals surface area contributed by atoms with Crippen LogP contribution in [0.15, 0.2) is 70.0 Å². The van der Waals surface area contributed by atoms with Crippen LogP contribution in [0, 0.1) is 53.9 Å². The fourth-order valence-electron chi connectivity index (χ4n) is 10.5. The van der Waals surface area contributed by atoms with E-state index in [-0.39, 0.29) is 51.4 Å². The van der Waals surface area contributed by atoms with Gasteiger partial charge in [0.1, 0.15) is 17.8 Å². The summed E-state index contributed by atoms with van der Waals surface area (Å²) in [5.74, 6) is -1.41. The van der Waals surface area contributed by atoms with Gasteiger partial charge >= 0.3 is 35.8 Å². The zero-order valence-corrected chi connectivity index (χ0v) is 43.2. The van der Waals surface area contributed by atoms with Crippen molar-refractivity contribution in [1.82, 2.24) is 0 Å². The summed E-state index contributed by atoms with van der Waals surface area (Å²) in [5.41, 5.74) is -0.468. The summed E-state index contributed by atoms with van der Waals surface area (Å²) in [6, 6.07) is 3.16. The summed E-state index contributed by atoms with van der Waals surface area (Å²) in [4.78, 5) is 110. The maximum absolute atomic E-state index is 13.8. The van der Waals surface area contributed by atoms with E-state index >= 15 is 0 Å². The summed E-state index contributed by atoms with van der Waals surface area (Å²) >= 11 is 2.02. The highest BCUT2D eigenvalue weighted by atomic mass is 32.2. The zero-order chi connectivity index (χ0) is 52.0. The molecule has 5 aliphatic rings. The molecule has 4 fully saturated rings. The largest absolute Gasteiger partial charge is 0.465 e. The van der Waals surface area contributed by atoms with Crippen molar-refractivity contribution in [3.05, 3.63) is 71.6 Å². The molecule has 0 radical (unpaired) electrons. The molecule has 6 rings (SSSR count). The van der Waals surface area contributed by atoms with Gasteiger partial charge in [-0.15, -0.1) is 0 Å². The minimum absolute atomic E-state index is 0.0965. The monoisotopic (exact) mass is 1050 g/mol. The van der Waals surface area contributed by atoms with Crippen molar-refractivity contribution in [3.63, 3.8) is 0 Å². The van der Waals surface area contributed by atoms with Gasteiger partial charge in [0, 0.05) is 12.2 Å². The number of thioether (sulfide) groups is 2. The highest BCUT2D eigenvalue weighted by Gasteiger charge is 2.39. The molecule has 1 aromatic rings. The van der Waals surface area contributed by atoms with E-state index in [4.69, 9.17) is 40.2 Å². The van der Waals surface area contributed by atoms with Crippen LogP contribution in [0.25, 0.3) is 4.85 Å². The van der Waals surface area contributed by atoms with Gasteiger partial charge in [-0.1, -0.05) is 43.3 Å². The Morgan fingerprint density at radius 2 is 1.00 bits per heavy atom. The number of carbonyl (C=O) groups excluding carboxylic acids is 6. The van der Waals surface area contributed by atoms with E-state index in [2.05, 4.69) is 39.2 Å². The van der Waals surface area contributed by atoms with Crippen LogP contribution in [0.4, 0.5) is 0 Å². The van der Waals surface area contributed by atoms with Gasteiger partial charge in [-0.25, -0.2) is 29.1 Å². The topological polar surface area (TPSA) is 199 Å². The van der Waals surface area contributed by atoms with Gasteiger partial charge < -0.3 is 23.8 Å². The van der Waals surface area contributed by atoms with Crippen molar-refractivity contribution in [1.29, 1.82) is 0 Å². The van der Waals surface area contributed by atoms with Crippen molar-refractivity contribution in [2.24, 2.45) is 47.3 Å². The third kappa shape index (κ3) is 17.5. The molecular weight excluding hydrogens is 983 g/mol. The third-order valence-electron chi connectivity index (χ3n) is 14.7. The average Bonchev–Trinajstić information content (AvgIpc) is 3.87. The van der Waals surface area contributed by atoms with Crippen LogP contribution in [0.3, 0.4) is 0 Å². The van der Waals surface area contributed by atoms with E-state index in [0.717, 1.165) is 119 Å². The number of fused-ring (bicyclic) bond motifs is 1. The summed E-state index contributed by atoms with van der Waals surface area (Å²) in [5, 5.41) is 0. The second-order valence-electron chi connectivity index (χ2n) is 19.3. The van der Waals surface area contributed by atoms with Gasteiger partial charge in [0.2, 0.25) is 0 Å². The second-order valence-corrected chi connectivity index (χ2v) is 21.6. The maximum Gasteiger partial charge on any atom is 0.389 e. The van der Waals surface area contributed by atoms with Crippen LogP contribution in [0.1, 0.15) is 128 Å². The molecule has 19 heteroatoms. The minimum Gasteiger partial charge on any atom is -0.465 e. The molecule has 0 unspecified atom stereocenters. The molecule has 4 aliphatic carbocycles. The molecule has 398 valence electrons. The highest BCUT2D eigenvalue weighted by molar-refractivity contribution is 8.24. The Balaban J connectivity index is 0.983. The average molecular weight is 1050 g/mol. The lowest BCUT2D eigenvalue weighted by Crippen LogP contribution is -2.31. The van der Waals surface area contributed by atoms with E-state index in [1.807, 2.05) is 0 Å². The fraction of sp³-hybridized carbons (Fsp3) is 0.611. The van der Waals surface area contributed by atoms with Crippen molar-refractivity contribution >= 4 is 59.3 Å². The molecule has 0 saturated heterocycles. The Labute approximate surface area is 436 Å². The molecular formula is C54H69NO16S2. The van der Waals surface area contributed by atoms with E-state index in [1.54, 1.807) is 12.1 Å². The van der Waals surface area contributed by atoms with Crippen LogP contribution in [0.2, 0.25) is 0 Å². The summed E-state index contributed by atoms with van der Waals surface area (Å²) in [6.45, 7) is 19.9. The maximum atomic E-state index is 13.8. The van der Waals surface area contributed by atoms with Crippen LogP contribution < -0.4 is 9.47 Å². The SMILES string of the molecule is [C-]#[N+]/C(C(=O)OOC(=O)C=C)=C1\Sc2c(OC(=O)C3CCC(C4CCC(COOCCCCOC(=O)C=C)CC4)CC3)ccc(OC(=O)C3CCC(C4CCC(C(=O)OCCCCOOC=C)CC4)CC3)c2S1. The number of benzene rings is 1. The van der Waals surface area contributed by atoms with Crippen molar-refractivity contribution in [2.45, 2.75) is 138 Å². The molecule has 0 spiro atoms. The lowest BCUT2D eigenvalue weighted by molar-refractivity contribution is -0.303. The van der Waals surface area contributed by atoms with Gasteiger partial charge in [0.25, 0.3) is 5.70 Å². The Morgan fingerprint density at radius 1 is 0.548 bits per heavy atom. The number of ether oxygens (including phenoxy) is 4. The lowest BCUT2D eigenvalue weighted by atomic mass is 9.69. The number of nitrogens with zero attached hydrogens (tertiary/aromatic N) is 1. The molecule has 0 bridgehead atoms. The number of carbonyl (C=O) groups is 6. The molecule has 0 amide bonds. The second kappa shape index (κ2) is 30.3. The first-order valence-electron chi connectivity index (χ1n) is 25.7. The van der Waals surface area contributed by atoms with E-state index in [0.29, 0.717) is 117 Å². The van der Waals surface area contributed by atoms with Crippen LogP contribution in [-0.2, 0) is 67.6 Å². The van der Waals surface area contributed by atoms with Crippen LogP contribution >= 0.6 is 23.5 Å². The molecule has 73 heavy (non-hydrogen) atoms. The quantitative estimate of drug-likeness (QED) is 0.0131. The third-order valence-corrected chi connectivity index (χ3v) is 17.3. The number of hydrogen-bond donors (Lipinski definition) is 0. The van der Waals surface area contributed by atoms with E-state index < -0.39 is 23.6 Å². The Morgan fingerprint density at radius 3 is 1.48 bits per heavy atom. The molecule has 0 atom stereocenters. The highest BCUT2D eigenvalue weighted by Crippen LogP contribution is 2.59.